The zero-order valence-corrected chi connectivity index (χ0v) is 20.3. The molecule has 174 valence electrons. The summed E-state index contributed by atoms with van der Waals surface area (Å²) in [5, 5.41) is 12.1. The molecule has 0 spiro atoms. The predicted molar refractivity (Wildman–Crippen MR) is 135 cm³/mol. The Kier molecular flexibility index (Phi) is 7.05. The van der Waals surface area contributed by atoms with Crippen molar-refractivity contribution >= 4 is 23.0 Å². The van der Waals surface area contributed by atoms with Gasteiger partial charge in [-0.2, -0.15) is 0 Å². The summed E-state index contributed by atoms with van der Waals surface area (Å²) < 4.78 is 0. The Morgan fingerprint density at radius 2 is 1.79 bits per heavy atom. The average Bonchev–Trinajstić information content (AvgIpc) is 2.82. The normalized spacial score (nSPS) is 19.6. The van der Waals surface area contributed by atoms with Gasteiger partial charge in [0.2, 0.25) is 0 Å². The molecule has 7 heteroatoms. The summed E-state index contributed by atoms with van der Waals surface area (Å²) in [5.74, 6) is 0.0637. The van der Waals surface area contributed by atoms with Crippen molar-refractivity contribution in [1.29, 1.82) is 0 Å². The standard InChI is InChI=1S/C26H31ClN4O2/c1-19-16-26(21-6-4-9-24(17-21)31(32)33)25(20(2)28(19)3)10-11-29-12-14-30(15-13-29)23-8-5-7-22(27)18-23/h4-9,16-18,26H,10-15H2,1-3H3. The molecule has 1 saturated heterocycles. The Morgan fingerprint density at radius 1 is 1.06 bits per heavy atom. The first-order chi connectivity index (χ1) is 15.8. The molecule has 2 aromatic rings. The predicted octanol–water partition coefficient (Wildman–Crippen LogP) is 5.67. The second-order valence-corrected chi connectivity index (χ2v) is 9.30. The second kappa shape index (κ2) is 9.98. The summed E-state index contributed by atoms with van der Waals surface area (Å²) in [7, 11) is 2.09. The number of nitrogens with zero attached hydrogens (tertiary/aromatic N) is 4. The molecule has 0 saturated carbocycles. The lowest BCUT2D eigenvalue weighted by molar-refractivity contribution is -0.384. The Bertz CT molecular complexity index is 1090. The molecule has 2 aromatic carbocycles. The second-order valence-electron chi connectivity index (χ2n) is 8.87. The first kappa shape index (κ1) is 23.3. The third-order valence-electron chi connectivity index (χ3n) is 6.96. The minimum atomic E-state index is -0.315. The fourth-order valence-electron chi connectivity index (χ4n) is 4.81. The van der Waals surface area contributed by atoms with Crippen LogP contribution in [0.4, 0.5) is 11.4 Å². The highest BCUT2D eigenvalue weighted by atomic mass is 35.5. The van der Waals surface area contributed by atoms with Gasteiger partial charge in [0.25, 0.3) is 5.69 Å². The highest BCUT2D eigenvalue weighted by Crippen LogP contribution is 2.38. The summed E-state index contributed by atoms with van der Waals surface area (Å²) in [5.41, 5.74) is 6.05. The van der Waals surface area contributed by atoms with Gasteiger partial charge >= 0.3 is 0 Å². The maximum atomic E-state index is 11.3. The third kappa shape index (κ3) is 5.23. The van der Waals surface area contributed by atoms with Crippen LogP contribution in [0, 0.1) is 10.1 Å². The van der Waals surface area contributed by atoms with E-state index in [1.807, 2.05) is 24.3 Å². The lowest BCUT2D eigenvalue weighted by Crippen LogP contribution is -2.46. The molecule has 1 fully saturated rings. The first-order valence-corrected chi connectivity index (χ1v) is 11.8. The number of rotatable bonds is 6. The van der Waals surface area contributed by atoms with Gasteiger partial charge in [-0.3, -0.25) is 15.0 Å². The molecular weight excluding hydrogens is 436 g/mol. The number of nitro groups is 1. The average molecular weight is 467 g/mol. The fourth-order valence-corrected chi connectivity index (χ4v) is 4.99. The minimum Gasteiger partial charge on any atom is -0.369 e. The molecule has 0 aromatic heterocycles. The van der Waals surface area contributed by atoms with Gasteiger partial charge in [0.1, 0.15) is 0 Å². The zero-order chi connectivity index (χ0) is 23.5. The number of nitro benzene ring substituents is 1. The van der Waals surface area contributed by atoms with Gasteiger partial charge in [0.05, 0.1) is 4.92 Å². The van der Waals surface area contributed by atoms with Gasteiger partial charge in [0.15, 0.2) is 0 Å². The van der Waals surface area contributed by atoms with Crippen LogP contribution in [-0.2, 0) is 0 Å². The Morgan fingerprint density at radius 3 is 2.48 bits per heavy atom. The molecule has 0 aliphatic carbocycles. The Labute approximate surface area is 200 Å². The molecule has 6 nitrogen and oxygen atoms in total. The molecule has 2 aliphatic rings. The molecule has 2 heterocycles. The first-order valence-electron chi connectivity index (χ1n) is 11.4. The van der Waals surface area contributed by atoms with E-state index in [1.165, 1.54) is 22.7 Å². The maximum Gasteiger partial charge on any atom is 0.269 e. The van der Waals surface area contributed by atoms with Gasteiger partial charge in [-0.05, 0) is 49.6 Å². The lowest BCUT2D eigenvalue weighted by Gasteiger charge is -2.38. The van der Waals surface area contributed by atoms with Crippen molar-refractivity contribution in [3.63, 3.8) is 0 Å². The van der Waals surface area contributed by atoms with Crippen LogP contribution in [0.5, 0.6) is 0 Å². The van der Waals surface area contributed by atoms with Crippen molar-refractivity contribution < 1.29 is 4.92 Å². The summed E-state index contributed by atoms with van der Waals surface area (Å²) in [4.78, 5) is 18.1. The third-order valence-corrected chi connectivity index (χ3v) is 7.20. The van der Waals surface area contributed by atoms with Crippen LogP contribution in [-0.4, -0.2) is 54.5 Å². The summed E-state index contributed by atoms with van der Waals surface area (Å²) in [6, 6.07) is 15.1. The van der Waals surface area contributed by atoms with Gasteiger partial charge in [-0.1, -0.05) is 35.9 Å². The van der Waals surface area contributed by atoms with Crippen LogP contribution >= 0.6 is 11.6 Å². The van der Waals surface area contributed by atoms with Gasteiger partial charge in [-0.25, -0.2) is 0 Å². The maximum absolute atomic E-state index is 11.3. The van der Waals surface area contributed by atoms with Crippen LogP contribution in [0.3, 0.4) is 0 Å². The van der Waals surface area contributed by atoms with E-state index in [0.717, 1.165) is 49.7 Å². The van der Waals surface area contributed by atoms with E-state index in [2.05, 4.69) is 47.7 Å². The van der Waals surface area contributed by atoms with Gasteiger partial charge in [0, 0.05) is 79.9 Å². The van der Waals surface area contributed by atoms with Crippen LogP contribution in [0.2, 0.25) is 5.02 Å². The van der Waals surface area contributed by atoms with Crippen molar-refractivity contribution in [2.75, 3.05) is 44.7 Å². The van der Waals surface area contributed by atoms with Crippen molar-refractivity contribution in [1.82, 2.24) is 9.80 Å². The molecule has 0 radical (unpaired) electrons. The monoisotopic (exact) mass is 466 g/mol. The molecular formula is C26H31ClN4O2. The van der Waals surface area contributed by atoms with Crippen molar-refractivity contribution in [3.8, 4) is 0 Å². The quantitative estimate of drug-likeness (QED) is 0.405. The Hall–Kier alpha value is -2.83. The fraction of sp³-hybridized carbons (Fsp3) is 0.385. The number of halogens is 1. The largest absolute Gasteiger partial charge is 0.369 e. The molecule has 2 aliphatic heterocycles. The lowest BCUT2D eigenvalue weighted by atomic mass is 9.84. The summed E-state index contributed by atoms with van der Waals surface area (Å²) >= 11 is 6.17. The van der Waals surface area contributed by atoms with E-state index in [1.54, 1.807) is 18.2 Å². The van der Waals surface area contributed by atoms with E-state index < -0.39 is 0 Å². The van der Waals surface area contributed by atoms with Crippen molar-refractivity contribution in [3.05, 3.63) is 92.3 Å². The van der Waals surface area contributed by atoms with E-state index in [0.29, 0.717) is 0 Å². The molecule has 1 atom stereocenters. The summed E-state index contributed by atoms with van der Waals surface area (Å²) in [6.07, 6.45) is 3.17. The molecule has 1 unspecified atom stereocenters. The van der Waals surface area contributed by atoms with Crippen molar-refractivity contribution in [2.24, 2.45) is 0 Å². The Balaban J connectivity index is 1.45. The molecule has 0 N–H and O–H groups in total. The number of hydrogen-bond acceptors (Lipinski definition) is 5. The minimum absolute atomic E-state index is 0.0637. The number of piperazine rings is 1. The molecule has 33 heavy (non-hydrogen) atoms. The molecule has 4 rings (SSSR count). The van der Waals surface area contributed by atoms with E-state index in [-0.39, 0.29) is 16.5 Å². The SMILES string of the molecule is CC1=CC(c2cccc([N+](=O)[O-])c2)C(CCN2CCN(c3cccc(Cl)c3)CC2)=C(C)N1C. The van der Waals surface area contributed by atoms with Crippen LogP contribution in [0.25, 0.3) is 0 Å². The van der Waals surface area contributed by atoms with Crippen LogP contribution in [0.15, 0.2) is 71.6 Å². The van der Waals surface area contributed by atoms with Gasteiger partial charge in [-0.15, -0.1) is 0 Å². The number of hydrogen-bond donors (Lipinski definition) is 0. The number of benzene rings is 2. The smallest absolute Gasteiger partial charge is 0.269 e. The molecule has 0 bridgehead atoms. The summed E-state index contributed by atoms with van der Waals surface area (Å²) in [6.45, 7) is 9.20. The number of non-ortho nitro benzene ring substituents is 1. The van der Waals surface area contributed by atoms with Crippen molar-refractivity contribution in [2.45, 2.75) is 26.2 Å². The van der Waals surface area contributed by atoms with E-state index in [9.17, 15) is 10.1 Å². The number of anilines is 1. The van der Waals surface area contributed by atoms with Crippen LogP contribution in [0.1, 0.15) is 31.7 Å². The van der Waals surface area contributed by atoms with Crippen LogP contribution < -0.4 is 4.90 Å². The van der Waals surface area contributed by atoms with E-state index in [4.69, 9.17) is 11.6 Å². The topological polar surface area (TPSA) is 52.9 Å². The van der Waals surface area contributed by atoms with E-state index >= 15 is 0 Å². The van der Waals surface area contributed by atoms with Gasteiger partial charge < -0.3 is 9.80 Å². The highest BCUT2D eigenvalue weighted by Gasteiger charge is 2.26. The zero-order valence-electron chi connectivity index (χ0n) is 19.5. The highest BCUT2D eigenvalue weighted by molar-refractivity contribution is 6.30. The number of allylic oxidation sites excluding steroid dienone is 3. The molecule has 0 amide bonds.